The number of fused-ring (bicyclic) bond motifs is 1. The van der Waals surface area contributed by atoms with E-state index in [1.54, 1.807) is 0 Å². The lowest BCUT2D eigenvalue weighted by molar-refractivity contribution is -0.122. The first-order valence-corrected chi connectivity index (χ1v) is 7.91. The van der Waals surface area contributed by atoms with E-state index in [0.717, 1.165) is 5.56 Å². The molecule has 118 valence electrons. The minimum Gasteiger partial charge on any atom is -0.394 e. The summed E-state index contributed by atoms with van der Waals surface area (Å²) in [5.74, 6) is 0.0664. The molecule has 0 saturated carbocycles. The topological polar surface area (TPSA) is 49.3 Å². The van der Waals surface area contributed by atoms with Crippen LogP contribution in [-0.4, -0.2) is 17.6 Å². The fraction of sp³-hybridized carbons (Fsp3) is 0.250. The van der Waals surface area contributed by atoms with Crippen LogP contribution in [0.1, 0.15) is 40.6 Å². The molecule has 0 radical (unpaired) electrons. The molecule has 2 N–H and O–H groups in total. The van der Waals surface area contributed by atoms with Gasteiger partial charge in [-0.2, -0.15) is 0 Å². The summed E-state index contributed by atoms with van der Waals surface area (Å²) in [4.78, 5) is 12.4. The molecule has 1 amide bonds. The molecule has 0 aromatic heterocycles. The zero-order valence-corrected chi connectivity index (χ0v) is 13.2. The first-order chi connectivity index (χ1) is 11.2. The third-order valence-electron chi connectivity index (χ3n) is 4.27. The van der Waals surface area contributed by atoms with Crippen LogP contribution in [0.3, 0.4) is 0 Å². The lowest BCUT2D eigenvalue weighted by Crippen LogP contribution is -2.31. The summed E-state index contributed by atoms with van der Waals surface area (Å²) in [6.45, 7) is 1.96. The van der Waals surface area contributed by atoms with Crippen molar-refractivity contribution in [2.45, 2.75) is 25.3 Å². The number of aliphatic hydroxyl groups is 1. The molecule has 1 aliphatic rings. The summed E-state index contributed by atoms with van der Waals surface area (Å²) in [7, 11) is 0. The molecule has 3 nitrogen and oxygen atoms in total. The Morgan fingerprint density at radius 3 is 2.74 bits per heavy atom. The molecule has 0 heterocycles. The third kappa shape index (κ3) is 3.51. The number of aliphatic hydroxyl groups excluding tert-OH is 1. The standard InChI is InChI=1S/C20H21NO2/c1-14-7-10-18-16(11-14)8-9-17(18)12-20(23)21-19(13-22)15-5-3-2-4-6-15/h2-11,17,19,22H,12-13H2,1H3,(H,21,23)/t17-,19-/m0/s1. The number of carbonyl (C=O) groups excluding carboxylic acids is 1. The lowest BCUT2D eigenvalue weighted by atomic mass is 9.96. The molecule has 0 bridgehead atoms. The van der Waals surface area contributed by atoms with E-state index in [4.69, 9.17) is 0 Å². The number of hydrogen-bond acceptors (Lipinski definition) is 2. The molecule has 0 fully saturated rings. The fourth-order valence-electron chi connectivity index (χ4n) is 3.05. The molecule has 3 heteroatoms. The van der Waals surface area contributed by atoms with Crippen molar-refractivity contribution >= 4 is 12.0 Å². The average Bonchev–Trinajstić information content (AvgIpc) is 2.95. The quantitative estimate of drug-likeness (QED) is 0.890. The van der Waals surface area contributed by atoms with Gasteiger partial charge in [0.15, 0.2) is 0 Å². The van der Waals surface area contributed by atoms with Crippen LogP contribution in [0.15, 0.2) is 54.6 Å². The van der Waals surface area contributed by atoms with Crippen molar-refractivity contribution in [2.75, 3.05) is 6.61 Å². The van der Waals surface area contributed by atoms with Crippen molar-refractivity contribution in [1.82, 2.24) is 5.32 Å². The number of amides is 1. The van der Waals surface area contributed by atoms with E-state index in [-0.39, 0.29) is 24.5 Å². The van der Waals surface area contributed by atoms with E-state index in [1.807, 2.05) is 30.3 Å². The zero-order chi connectivity index (χ0) is 16.2. The maximum atomic E-state index is 12.4. The van der Waals surface area contributed by atoms with Gasteiger partial charge in [-0.05, 0) is 23.6 Å². The van der Waals surface area contributed by atoms with Gasteiger partial charge < -0.3 is 10.4 Å². The summed E-state index contributed by atoms with van der Waals surface area (Å²) in [6, 6.07) is 15.5. The van der Waals surface area contributed by atoms with Gasteiger partial charge >= 0.3 is 0 Å². The highest BCUT2D eigenvalue weighted by molar-refractivity contribution is 5.79. The van der Waals surface area contributed by atoms with Gasteiger partial charge in [-0.1, -0.05) is 66.2 Å². The van der Waals surface area contributed by atoms with E-state index < -0.39 is 0 Å². The van der Waals surface area contributed by atoms with E-state index in [1.165, 1.54) is 16.7 Å². The van der Waals surface area contributed by atoms with Gasteiger partial charge in [0.05, 0.1) is 12.6 Å². The maximum Gasteiger partial charge on any atom is 0.221 e. The lowest BCUT2D eigenvalue weighted by Gasteiger charge is -2.18. The molecule has 0 unspecified atom stereocenters. The zero-order valence-electron chi connectivity index (χ0n) is 13.2. The van der Waals surface area contributed by atoms with Crippen molar-refractivity contribution in [3.8, 4) is 0 Å². The van der Waals surface area contributed by atoms with Gasteiger partial charge in [0.2, 0.25) is 5.91 Å². The van der Waals surface area contributed by atoms with Crippen LogP contribution in [-0.2, 0) is 4.79 Å². The van der Waals surface area contributed by atoms with Crippen molar-refractivity contribution in [2.24, 2.45) is 0 Å². The minimum atomic E-state index is -0.355. The van der Waals surface area contributed by atoms with E-state index in [0.29, 0.717) is 6.42 Å². The Kier molecular flexibility index (Phi) is 4.58. The van der Waals surface area contributed by atoms with Gasteiger partial charge in [0, 0.05) is 12.3 Å². The Morgan fingerprint density at radius 1 is 1.22 bits per heavy atom. The summed E-state index contributed by atoms with van der Waals surface area (Å²) < 4.78 is 0. The number of aryl methyl sites for hydroxylation is 1. The molecule has 0 saturated heterocycles. The first-order valence-electron chi connectivity index (χ1n) is 7.91. The Morgan fingerprint density at radius 2 is 2.00 bits per heavy atom. The number of benzene rings is 2. The Bertz CT molecular complexity index is 722. The second-order valence-corrected chi connectivity index (χ2v) is 6.02. The smallest absolute Gasteiger partial charge is 0.221 e. The molecule has 0 aliphatic heterocycles. The van der Waals surface area contributed by atoms with Crippen LogP contribution < -0.4 is 5.32 Å². The molecule has 3 rings (SSSR count). The molecule has 2 aromatic rings. The average molecular weight is 307 g/mol. The van der Waals surface area contributed by atoms with Gasteiger partial charge in [-0.25, -0.2) is 0 Å². The van der Waals surface area contributed by atoms with Crippen molar-refractivity contribution < 1.29 is 9.90 Å². The largest absolute Gasteiger partial charge is 0.394 e. The van der Waals surface area contributed by atoms with Crippen LogP contribution >= 0.6 is 0 Å². The normalized spacial score (nSPS) is 16.9. The van der Waals surface area contributed by atoms with E-state index in [9.17, 15) is 9.90 Å². The van der Waals surface area contributed by atoms with Crippen LogP contribution in [0.25, 0.3) is 6.08 Å². The molecular formula is C20H21NO2. The Hall–Kier alpha value is -2.39. The van der Waals surface area contributed by atoms with Gasteiger partial charge in [0.25, 0.3) is 0 Å². The summed E-state index contributed by atoms with van der Waals surface area (Å²) >= 11 is 0. The summed E-state index contributed by atoms with van der Waals surface area (Å²) in [5, 5.41) is 12.5. The Labute approximate surface area is 136 Å². The van der Waals surface area contributed by atoms with Gasteiger partial charge in [-0.15, -0.1) is 0 Å². The highest BCUT2D eigenvalue weighted by Crippen LogP contribution is 2.33. The van der Waals surface area contributed by atoms with Crippen LogP contribution in [0.5, 0.6) is 0 Å². The molecule has 2 aromatic carbocycles. The second-order valence-electron chi connectivity index (χ2n) is 6.02. The summed E-state index contributed by atoms with van der Waals surface area (Å²) in [6.07, 6.45) is 4.57. The number of hydrogen-bond donors (Lipinski definition) is 2. The molecule has 2 atom stereocenters. The summed E-state index contributed by atoms with van der Waals surface area (Å²) in [5.41, 5.74) is 4.54. The second kappa shape index (κ2) is 6.80. The highest BCUT2D eigenvalue weighted by Gasteiger charge is 2.22. The molecular weight excluding hydrogens is 286 g/mol. The number of allylic oxidation sites excluding steroid dienone is 1. The van der Waals surface area contributed by atoms with Crippen LogP contribution in [0, 0.1) is 6.92 Å². The SMILES string of the molecule is Cc1ccc2c(c1)C=C[C@H]2CC(=O)N[C@@H](CO)c1ccccc1. The highest BCUT2D eigenvalue weighted by atomic mass is 16.3. The predicted octanol–water partition coefficient (Wildman–Crippen LogP) is 3.35. The monoisotopic (exact) mass is 307 g/mol. The predicted molar refractivity (Wildman–Crippen MR) is 92.0 cm³/mol. The molecule has 1 aliphatic carbocycles. The van der Waals surface area contributed by atoms with Crippen molar-refractivity contribution in [3.05, 3.63) is 76.9 Å². The molecule has 23 heavy (non-hydrogen) atoms. The third-order valence-corrected chi connectivity index (χ3v) is 4.27. The van der Waals surface area contributed by atoms with Gasteiger partial charge in [0.1, 0.15) is 0 Å². The number of rotatable bonds is 5. The number of nitrogens with one attached hydrogen (secondary N) is 1. The van der Waals surface area contributed by atoms with Crippen LogP contribution in [0.4, 0.5) is 0 Å². The minimum absolute atomic E-state index is 0.0454. The number of carbonyl (C=O) groups is 1. The van der Waals surface area contributed by atoms with E-state index in [2.05, 4.69) is 42.6 Å². The van der Waals surface area contributed by atoms with Crippen molar-refractivity contribution in [1.29, 1.82) is 0 Å². The molecule has 0 spiro atoms. The van der Waals surface area contributed by atoms with Gasteiger partial charge in [-0.3, -0.25) is 4.79 Å². The van der Waals surface area contributed by atoms with Crippen LogP contribution in [0.2, 0.25) is 0 Å². The maximum absolute atomic E-state index is 12.4. The fourth-order valence-corrected chi connectivity index (χ4v) is 3.05. The first kappa shape index (κ1) is 15.5. The Balaban J connectivity index is 1.66. The van der Waals surface area contributed by atoms with E-state index >= 15 is 0 Å². The van der Waals surface area contributed by atoms with Crippen molar-refractivity contribution in [3.63, 3.8) is 0 Å².